The largest absolute Gasteiger partial charge is 0.207 e. The lowest BCUT2D eigenvalue weighted by molar-refractivity contribution is 0.585. The number of rotatable bonds is 1. The number of hydrogen-bond acceptors (Lipinski definition) is 3. The fourth-order valence-electron chi connectivity index (χ4n) is 0.977. The van der Waals surface area contributed by atoms with Gasteiger partial charge in [0, 0.05) is 11.6 Å². The highest BCUT2D eigenvalue weighted by Gasteiger charge is 2.10. The van der Waals surface area contributed by atoms with Crippen LogP contribution in [0.4, 0.5) is 8.78 Å². The van der Waals surface area contributed by atoms with E-state index in [2.05, 4.69) is 10.2 Å². The van der Waals surface area contributed by atoms with Crippen LogP contribution in [-0.4, -0.2) is 10.2 Å². The lowest BCUT2D eigenvalue weighted by atomic mass is 10.2. The van der Waals surface area contributed by atoms with E-state index in [-0.39, 0.29) is 5.56 Å². The predicted molar refractivity (Wildman–Crippen MR) is 58.0 cm³/mol. The number of hydrogen-bond donors (Lipinski definition) is 0. The molecule has 14 heavy (non-hydrogen) atoms. The lowest BCUT2D eigenvalue weighted by Crippen LogP contribution is -1.85. The van der Waals surface area contributed by atoms with Crippen molar-refractivity contribution in [1.82, 2.24) is 10.2 Å². The highest BCUT2D eigenvalue weighted by atomic mass is 127. The monoisotopic (exact) mass is 324 g/mol. The normalized spacial score (nSPS) is 10.5. The molecular weight excluding hydrogens is 321 g/mol. The summed E-state index contributed by atoms with van der Waals surface area (Å²) in [6, 6.07) is 3.40. The quantitative estimate of drug-likeness (QED) is 0.754. The Balaban J connectivity index is 2.52. The maximum atomic E-state index is 13.2. The molecule has 2 aromatic rings. The minimum atomic E-state index is -0.613. The molecule has 0 fully saturated rings. The van der Waals surface area contributed by atoms with Crippen molar-refractivity contribution in [3.63, 3.8) is 0 Å². The van der Waals surface area contributed by atoms with Gasteiger partial charge in [0.2, 0.25) is 0 Å². The molecule has 0 aliphatic rings. The molecule has 0 aliphatic heterocycles. The molecule has 1 heterocycles. The van der Waals surface area contributed by atoms with Crippen LogP contribution in [0.5, 0.6) is 0 Å². The first-order valence-electron chi connectivity index (χ1n) is 3.61. The van der Waals surface area contributed by atoms with Crippen LogP contribution in [0.25, 0.3) is 10.6 Å². The summed E-state index contributed by atoms with van der Waals surface area (Å²) in [4.78, 5) is 0. The molecule has 0 bridgehead atoms. The fourth-order valence-corrected chi connectivity index (χ4v) is 2.31. The van der Waals surface area contributed by atoms with Crippen LogP contribution in [0, 0.1) is 14.6 Å². The van der Waals surface area contributed by atoms with Crippen molar-refractivity contribution in [2.45, 2.75) is 0 Å². The Labute approximate surface area is 96.1 Å². The molecule has 1 aromatic carbocycles. The van der Waals surface area contributed by atoms with Crippen LogP contribution in [0.3, 0.4) is 0 Å². The van der Waals surface area contributed by atoms with E-state index in [1.807, 2.05) is 22.6 Å². The molecular formula is C8H3F2IN2S. The van der Waals surface area contributed by atoms with E-state index in [1.165, 1.54) is 23.5 Å². The molecule has 0 saturated carbocycles. The molecule has 0 atom stereocenters. The highest BCUT2D eigenvalue weighted by Crippen LogP contribution is 2.26. The molecule has 2 rings (SSSR count). The van der Waals surface area contributed by atoms with E-state index in [9.17, 15) is 8.78 Å². The van der Waals surface area contributed by atoms with Gasteiger partial charge in [0.25, 0.3) is 0 Å². The van der Waals surface area contributed by atoms with Gasteiger partial charge in [-0.15, -0.1) is 10.2 Å². The van der Waals surface area contributed by atoms with Gasteiger partial charge in [-0.2, -0.15) is 0 Å². The molecule has 2 nitrogen and oxygen atoms in total. The molecule has 0 saturated heterocycles. The Morgan fingerprint density at radius 2 is 2.00 bits per heavy atom. The van der Waals surface area contributed by atoms with Gasteiger partial charge in [0.15, 0.2) is 8.02 Å². The van der Waals surface area contributed by atoms with Crippen molar-refractivity contribution in [3.8, 4) is 10.6 Å². The zero-order chi connectivity index (χ0) is 10.1. The zero-order valence-corrected chi connectivity index (χ0v) is 9.64. The standard InChI is InChI=1S/C8H3F2IN2S/c9-4-1-2-5(6(10)3-4)7-12-13-8(11)14-7/h1-3H. The summed E-state index contributed by atoms with van der Waals surface area (Å²) in [6.45, 7) is 0. The van der Waals surface area contributed by atoms with Crippen LogP contribution in [0.15, 0.2) is 18.2 Å². The lowest BCUT2D eigenvalue weighted by Gasteiger charge is -1.96. The third-order valence-corrected chi connectivity index (χ3v) is 3.18. The summed E-state index contributed by atoms with van der Waals surface area (Å²) >= 11 is 3.26. The third-order valence-electron chi connectivity index (χ3n) is 1.56. The van der Waals surface area contributed by atoms with E-state index < -0.39 is 11.6 Å². The van der Waals surface area contributed by atoms with Crippen molar-refractivity contribution < 1.29 is 8.78 Å². The summed E-state index contributed by atoms with van der Waals surface area (Å²) in [5, 5.41) is 7.99. The molecule has 6 heteroatoms. The van der Waals surface area contributed by atoms with Crippen molar-refractivity contribution in [2.75, 3.05) is 0 Å². The van der Waals surface area contributed by atoms with Crippen LogP contribution < -0.4 is 0 Å². The van der Waals surface area contributed by atoms with Crippen molar-refractivity contribution in [2.24, 2.45) is 0 Å². The fraction of sp³-hybridized carbons (Fsp3) is 0. The van der Waals surface area contributed by atoms with Crippen LogP contribution in [0.1, 0.15) is 0 Å². The van der Waals surface area contributed by atoms with E-state index >= 15 is 0 Å². The molecule has 1 aromatic heterocycles. The first-order chi connectivity index (χ1) is 6.66. The molecule has 0 spiro atoms. The van der Waals surface area contributed by atoms with Crippen LogP contribution in [0.2, 0.25) is 0 Å². The summed E-state index contributed by atoms with van der Waals surface area (Å²) in [5.74, 6) is -1.21. The summed E-state index contributed by atoms with van der Waals surface area (Å²) in [5.41, 5.74) is 0.284. The van der Waals surface area contributed by atoms with Gasteiger partial charge in [-0.25, -0.2) is 8.78 Å². The number of aromatic nitrogens is 2. The van der Waals surface area contributed by atoms with E-state index in [0.29, 0.717) is 5.01 Å². The average molecular weight is 324 g/mol. The Kier molecular flexibility index (Phi) is 2.73. The second kappa shape index (κ2) is 3.85. The molecule has 0 N–H and O–H groups in total. The van der Waals surface area contributed by atoms with Gasteiger partial charge in [0.1, 0.15) is 11.6 Å². The van der Waals surface area contributed by atoms with Crippen molar-refractivity contribution in [3.05, 3.63) is 32.8 Å². The maximum Gasteiger partial charge on any atom is 0.178 e. The average Bonchev–Trinajstić information content (AvgIpc) is 2.51. The Morgan fingerprint density at radius 1 is 1.21 bits per heavy atom. The third kappa shape index (κ3) is 1.90. The molecule has 0 aliphatic carbocycles. The van der Waals surface area contributed by atoms with Crippen molar-refractivity contribution in [1.29, 1.82) is 0 Å². The first kappa shape index (κ1) is 9.91. The number of benzene rings is 1. The second-order valence-corrected chi connectivity index (χ2v) is 5.22. The van der Waals surface area contributed by atoms with Gasteiger partial charge < -0.3 is 0 Å². The van der Waals surface area contributed by atoms with Crippen LogP contribution in [-0.2, 0) is 0 Å². The Hall–Kier alpha value is -0.630. The summed E-state index contributed by atoms with van der Waals surface area (Å²) < 4.78 is 26.6. The van der Waals surface area contributed by atoms with Gasteiger partial charge in [-0.3, -0.25) is 0 Å². The first-order valence-corrected chi connectivity index (χ1v) is 5.51. The highest BCUT2D eigenvalue weighted by molar-refractivity contribution is 14.1. The van der Waals surface area contributed by atoms with E-state index in [0.717, 1.165) is 9.08 Å². The molecule has 72 valence electrons. The number of nitrogens with zero attached hydrogens (tertiary/aromatic N) is 2. The zero-order valence-electron chi connectivity index (χ0n) is 6.67. The SMILES string of the molecule is Fc1ccc(-c2nnc(I)s2)c(F)c1. The molecule has 0 unspecified atom stereocenters. The minimum absolute atomic E-state index is 0.284. The number of halogens is 3. The van der Waals surface area contributed by atoms with Gasteiger partial charge >= 0.3 is 0 Å². The molecule has 0 amide bonds. The van der Waals surface area contributed by atoms with Crippen molar-refractivity contribution >= 4 is 33.9 Å². The maximum absolute atomic E-state index is 13.2. The summed E-state index contributed by atoms with van der Waals surface area (Å²) in [7, 11) is 0. The summed E-state index contributed by atoms with van der Waals surface area (Å²) in [6.07, 6.45) is 0. The molecule has 0 radical (unpaired) electrons. The topological polar surface area (TPSA) is 25.8 Å². The Bertz CT molecular complexity index is 472. The van der Waals surface area contributed by atoms with Gasteiger partial charge in [0.05, 0.1) is 0 Å². The minimum Gasteiger partial charge on any atom is -0.207 e. The second-order valence-electron chi connectivity index (χ2n) is 2.48. The van der Waals surface area contributed by atoms with E-state index in [4.69, 9.17) is 0 Å². The predicted octanol–water partition coefficient (Wildman–Crippen LogP) is 3.09. The van der Waals surface area contributed by atoms with Crippen LogP contribution >= 0.6 is 33.9 Å². The smallest absolute Gasteiger partial charge is 0.178 e. The Morgan fingerprint density at radius 3 is 2.57 bits per heavy atom. The van der Waals surface area contributed by atoms with Gasteiger partial charge in [-0.05, 0) is 34.7 Å². The van der Waals surface area contributed by atoms with E-state index in [1.54, 1.807) is 0 Å². The van der Waals surface area contributed by atoms with Gasteiger partial charge in [-0.1, -0.05) is 11.3 Å².